The SMILES string of the molecule is Nc1ccc(Cl)nc1N1CC(S)CC1=O. The largest absolute Gasteiger partial charge is 0.396 e. The Hall–Kier alpha value is -0.940. The van der Waals surface area contributed by atoms with Crippen molar-refractivity contribution in [3.05, 3.63) is 17.3 Å². The van der Waals surface area contributed by atoms with Crippen LogP contribution in [0.5, 0.6) is 0 Å². The molecule has 6 heteroatoms. The van der Waals surface area contributed by atoms with Gasteiger partial charge in [0.15, 0.2) is 5.82 Å². The molecule has 1 atom stereocenters. The number of pyridine rings is 1. The third-order valence-corrected chi connectivity index (χ3v) is 2.79. The lowest BCUT2D eigenvalue weighted by Gasteiger charge is -2.16. The van der Waals surface area contributed by atoms with Crippen molar-refractivity contribution >= 4 is 41.6 Å². The van der Waals surface area contributed by atoms with Crippen LogP contribution < -0.4 is 10.6 Å². The first kappa shape index (κ1) is 10.6. The van der Waals surface area contributed by atoms with Crippen LogP contribution in [0.4, 0.5) is 11.5 Å². The standard InChI is InChI=1S/C9H10ClN3OS/c10-7-2-1-6(11)9(12-7)13-4-5(15)3-8(13)14/h1-2,5,15H,3-4,11H2. The molecule has 0 aliphatic carbocycles. The zero-order valence-corrected chi connectivity index (χ0v) is 9.50. The number of thiol groups is 1. The van der Waals surface area contributed by atoms with Crippen LogP contribution >= 0.6 is 24.2 Å². The Labute approximate surface area is 97.8 Å². The minimum atomic E-state index is -0.0172. The smallest absolute Gasteiger partial charge is 0.229 e. The van der Waals surface area contributed by atoms with Crippen molar-refractivity contribution in [2.45, 2.75) is 11.7 Å². The molecule has 0 bridgehead atoms. The third kappa shape index (κ3) is 2.03. The molecule has 1 fully saturated rings. The second kappa shape index (κ2) is 3.90. The minimum absolute atomic E-state index is 0.0172. The minimum Gasteiger partial charge on any atom is -0.396 e. The molecule has 1 saturated heterocycles. The van der Waals surface area contributed by atoms with Gasteiger partial charge in [-0.1, -0.05) is 11.6 Å². The van der Waals surface area contributed by atoms with E-state index >= 15 is 0 Å². The number of rotatable bonds is 1. The summed E-state index contributed by atoms with van der Waals surface area (Å²) in [6.07, 6.45) is 0.413. The van der Waals surface area contributed by atoms with Gasteiger partial charge in [-0.2, -0.15) is 12.6 Å². The summed E-state index contributed by atoms with van der Waals surface area (Å²) in [6, 6.07) is 3.24. The summed E-state index contributed by atoms with van der Waals surface area (Å²) in [7, 11) is 0. The van der Waals surface area contributed by atoms with Gasteiger partial charge in [0, 0.05) is 18.2 Å². The summed E-state index contributed by atoms with van der Waals surface area (Å²) in [5.74, 6) is 0.417. The molecular weight excluding hydrogens is 234 g/mol. The van der Waals surface area contributed by atoms with Crippen molar-refractivity contribution in [1.29, 1.82) is 0 Å². The average molecular weight is 244 g/mol. The molecule has 15 heavy (non-hydrogen) atoms. The molecule has 0 spiro atoms. The van der Waals surface area contributed by atoms with Crippen LogP contribution in [-0.4, -0.2) is 22.7 Å². The van der Waals surface area contributed by atoms with Crippen molar-refractivity contribution < 1.29 is 4.79 Å². The summed E-state index contributed by atoms with van der Waals surface area (Å²) in [6.45, 7) is 0.527. The predicted octanol–water partition coefficient (Wildman–Crippen LogP) is 1.35. The topological polar surface area (TPSA) is 59.2 Å². The maximum atomic E-state index is 11.6. The number of nitrogen functional groups attached to an aromatic ring is 1. The number of carbonyl (C=O) groups is 1. The normalized spacial score (nSPS) is 21.1. The Morgan fingerprint density at radius 1 is 1.60 bits per heavy atom. The fourth-order valence-electron chi connectivity index (χ4n) is 1.55. The first-order valence-electron chi connectivity index (χ1n) is 4.48. The van der Waals surface area contributed by atoms with Gasteiger partial charge in [0.25, 0.3) is 0 Å². The van der Waals surface area contributed by atoms with Gasteiger partial charge in [-0.3, -0.25) is 9.69 Å². The summed E-state index contributed by atoms with van der Waals surface area (Å²) in [5.41, 5.74) is 6.19. The van der Waals surface area contributed by atoms with Crippen molar-refractivity contribution in [2.75, 3.05) is 17.2 Å². The molecule has 1 amide bonds. The van der Waals surface area contributed by atoms with Gasteiger partial charge in [0.2, 0.25) is 5.91 Å². The van der Waals surface area contributed by atoms with E-state index in [2.05, 4.69) is 17.6 Å². The summed E-state index contributed by atoms with van der Waals surface area (Å²) in [5, 5.41) is 0.368. The maximum Gasteiger partial charge on any atom is 0.229 e. The highest BCUT2D eigenvalue weighted by Crippen LogP contribution is 2.28. The average Bonchev–Trinajstić information content (AvgIpc) is 2.50. The van der Waals surface area contributed by atoms with E-state index in [1.165, 1.54) is 4.90 Å². The van der Waals surface area contributed by atoms with Crippen LogP contribution in [0.3, 0.4) is 0 Å². The van der Waals surface area contributed by atoms with E-state index in [0.29, 0.717) is 29.6 Å². The van der Waals surface area contributed by atoms with Crippen LogP contribution in [0, 0.1) is 0 Å². The van der Waals surface area contributed by atoms with Crippen LogP contribution in [0.15, 0.2) is 12.1 Å². The molecule has 1 unspecified atom stereocenters. The molecular formula is C9H10ClN3OS. The van der Waals surface area contributed by atoms with Gasteiger partial charge in [-0.05, 0) is 12.1 Å². The Morgan fingerprint density at radius 2 is 2.33 bits per heavy atom. The molecule has 1 aliphatic rings. The van der Waals surface area contributed by atoms with E-state index in [9.17, 15) is 4.79 Å². The lowest BCUT2D eigenvalue weighted by Crippen LogP contribution is -2.26. The molecule has 1 aromatic heterocycles. The molecule has 2 rings (SSSR count). The van der Waals surface area contributed by atoms with E-state index in [1.807, 2.05) is 0 Å². The Bertz CT molecular complexity index is 412. The van der Waals surface area contributed by atoms with E-state index in [4.69, 9.17) is 17.3 Å². The van der Waals surface area contributed by atoms with Gasteiger partial charge < -0.3 is 5.73 Å². The van der Waals surface area contributed by atoms with Gasteiger partial charge in [-0.15, -0.1) is 0 Å². The Morgan fingerprint density at radius 3 is 2.93 bits per heavy atom. The number of aromatic nitrogens is 1. The van der Waals surface area contributed by atoms with Crippen LogP contribution in [0.25, 0.3) is 0 Å². The number of carbonyl (C=O) groups excluding carboxylic acids is 1. The van der Waals surface area contributed by atoms with Crippen molar-refractivity contribution in [2.24, 2.45) is 0 Å². The monoisotopic (exact) mass is 243 g/mol. The second-order valence-electron chi connectivity index (χ2n) is 3.41. The van der Waals surface area contributed by atoms with Gasteiger partial charge in [-0.25, -0.2) is 4.98 Å². The molecule has 2 N–H and O–H groups in total. The predicted molar refractivity (Wildman–Crippen MR) is 63.4 cm³/mol. The van der Waals surface area contributed by atoms with Crippen molar-refractivity contribution in [3.8, 4) is 0 Å². The number of anilines is 2. The summed E-state index contributed by atoms with van der Waals surface area (Å²) < 4.78 is 0. The zero-order chi connectivity index (χ0) is 11.0. The Kier molecular flexibility index (Phi) is 2.75. The zero-order valence-electron chi connectivity index (χ0n) is 7.85. The summed E-state index contributed by atoms with van der Waals surface area (Å²) >= 11 is 10.0. The number of nitrogens with two attached hydrogens (primary N) is 1. The number of amides is 1. The third-order valence-electron chi connectivity index (χ3n) is 2.23. The molecule has 1 aromatic rings. The number of nitrogens with zero attached hydrogens (tertiary/aromatic N) is 2. The molecule has 1 aliphatic heterocycles. The molecule has 0 radical (unpaired) electrons. The first-order chi connectivity index (χ1) is 7.08. The van der Waals surface area contributed by atoms with E-state index in [1.54, 1.807) is 12.1 Å². The first-order valence-corrected chi connectivity index (χ1v) is 5.38. The van der Waals surface area contributed by atoms with Crippen LogP contribution in [0.2, 0.25) is 5.15 Å². The van der Waals surface area contributed by atoms with Gasteiger partial charge in [0.05, 0.1) is 5.69 Å². The van der Waals surface area contributed by atoms with Crippen LogP contribution in [0.1, 0.15) is 6.42 Å². The summed E-state index contributed by atoms with van der Waals surface area (Å²) in [4.78, 5) is 17.2. The van der Waals surface area contributed by atoms with E-state index < -0.39 is 0 Å². The highest BCUT2D eigenvalue weighted by Gasteiger charge is 2.30. The highest BCUT2D eigenvalue weighted by atomic mass is 35.5. The number of hydrogen-bond donors (Lipinski definition) is 2. The number of halogens is 1. The Balaban J connectivity index is 2.37. The highest BCUT2D eigenvalue weighted by molar-refractivity contribution is 7.81. The van der Waals surface area contributed by atoms with Gasteiger partial charge in [0.1, 0.15) is 5.15 Å². The lowest BCUT2D eigenvalue weighted by molar-refractivity contribution is -0.117. The molecule has 80 valence electrons. The second-order valence-corrected chi connectivity index (χ2v) is 4.53. The maximum absolute atomic E-state index is 11.6. The fourth-order valence-corrected chi connectivity index (χ4v) is 2.01. The van der Waals surface area contributed by atoms with Gasteiger partial charge >= 0.3 is 0 Å². The molecule has 0 saturated carbocycles. The van der Waals surface area contributed by atoms with Crippen LogP contribution in [-0.2, 0) is 4.79 Å². The fraction of sp³-hybridized carbons (Fsp3) is 0.333. The quantitative estimate of drug-likeness (QED) is 0.578. The van der Waals surface area contributed by atoms with E-state index in [0.717, 1.165) is 0 Å². The molecule has 4 nitrogen and oxygen atoms in total. The van der Waals surface area contributed by atoms with Crippen molar-refractivity contribution in [3.63, 3.8) is 0 Å². The van der Waals surface area contributed by atoms with Crippen molar-refractivity contribution in [1.82, 2.24) is 4.98 Å². The van der Waals surface area contributed by atoms with E-state index in [-0.39, 0.29) is 11.2 Å². The molecule has 0 aromatic carbocycles. The molecule has 2 heterocycles. The lowest BCUT2D eigenvalue weighted by atomic mass is 10.3. The number of hydrogen-bond acceptors (Lipinski definition) is 4.